The van der Waals surface area contributed by atoms with E-state index in [1.807, 2.05) is 0 Å². The number of thioether (sulfide) groups is 1. The summed E-state index contributed by atoms with van der Waals surface area (Å²) in [5, 5.41) is 8.99. The third-order valence-electron chi connectivity index (χ3n) is 2.85. The zero-order valence-electron chi connectivity index (χ0n) is 8.50. The Morgan fingerprint density at radius 1 is 1.33 bits per heavy atom. The number of carboxylic acids is 1. The number of carbonyl (C=O) groups excluding carboxylic acids is 1. The molecule has 0 saturated carbocycles. The summed E-state index contributed by atoms with van der Waals surface area (Å²) < 4.78 is 0. The molecule has 3 nitrogen and oxygen atoms in total. The molecular weight excluding hydrogens is 212 g/mol. The molecule has 1 aliphatic carbocycles. The summed E-state index contributed by atoms with van der Waals surface area (Å²) >= 11 is 1.70. The van der Waals surface area contributed by atoms with Crippen LogP contribution in [0.15, 0.2) is 21.6 Å². The summed E-state index contributed by atoms with van der Waals surface area (Å²) in [6, 6.07) is 0. The summed E-state index contributed by atoms with van der Waals surface area (Å²) in [6.07, 6.45) is 1.80. The van der Waals surface area contributed by atoms with E-state index in [2.05, 4.69) is 0 Å². The van der Waals surface area contributed by atoms with Crippen LogP contribution < -0.4 is 0 Å². The molecule has 0 unspecified atom stereocenters. The molecule has 2 aliphatic rings. The Morgan fingerprint density at radius 3 is 2.73 bits per heavy atom. The van der Waals surface area contributed by atoms with Gasteiger partial charge in [-0.1, -0.05) is 0 Å². The van der Waals surface area contributed by atoms with E-state index in [1.54, 1.807) is 18.7 Å². The van der Waals surface area contributed by atoms with Crippen molar-refractivity contribution in [2.75, 3.05) is 5.75 Å². The van der Waals surface area contributed by atoms with Crippen molar-refractivity contribution >= 4 is 23.5 Å². The van der Waals surface area contributed by atoms with Crippen LogP contribution in [-0.2, 0) is 9.59 Å². The van der Waals surface area contributed by atoms with Crippen molar-refractivity contribution in [1.29, 1.82) is 0 Å². The molecule has 0 aromatic carbocycles. The third-order valence-corrected chi connectivity index (χ3v) is 4.02. The van der Waals surface area contributed by atoms with Crippen molar-refractivity contribution in [3.05, 3.63) is 21.6 Å². The zero-order chi connectivity index (χ0) is 11.0. The molecule has 1 N–H and O–H groups in total. The molecule has 1 aliphatic heterocycles. The van der Waals surface area contributed by atoms with Crippen LogP contribution in [0.5, 0.6) is 0 Å². The van der Waals surface area contributed by atoms with Crippen molar-refractivity contribution in [3.8, 4) is 0 Å². The minimum absolute atomic E-state index is 0.111. The van der Waals surface area contributed by atoms with E-state index in [0.29, 0.717) is 36.0 Å². The maximum absolute atomic E-state index is 11.7. The average Bonchev–Trinajstić information content (AvgIpc) is 2.17. The molecular formula is C11H12O3S. The van der Waals surface area contributed by atoms with Gasteiger partial charge in [0.25, 0.3) is 0 Å². The Hall–Kier alpha value is -1.03. The van der Waals surface area contributed by atoms with Gasteiger partial charge in [-0.3, -0.25) is 4.79 Å². The Balaban J connectivity index is 2.49. The summed E-state index contributed by atoms with van der Waals surface area (Å²) in [5.74, 6) is 0.0648. The molecule has 0 aromatic rings. The first-order chi connectivity index (χ1) is 7.11. The van der Waals surface area contributed by atoms with Gasteiger partial charge in [0, 0.05) is 23.3 Å². The molecule has 1 heterocycles. The number of rotatable bonds is 1. The monoisotopic (exact) mass is 224 g/mol. The molecule has 80 valence electrons. The predicted octanol–water partition coefficient (Wildman–Crippen LogP) is 2.14. The number of hydrogen-bond donors (Lipinski definition) is 1. The summed E-state index contributed by atoms with van der Waals surface area (Å²) in [5.41, 5.74) is 1.78. The van der Waals surface area contributed by atoms with E-state index >= 15 is 0 Å². The molecule has 0 aromatic heterocycles. The van der Waals surface area contributed by atoms with Crippen LogP contribution in [-0.4, -0.2) is 22.6 Å². The standard InChI is InChI=1S/C11H12O3S/c1-6-7(11(13)14)2-3-9-10(6)8(12)4-5-15-9/h2-5H2,1H3,(H,13,14). The largest absolute Gasteiger partial charge is 0.478 e. The molecule has 0 fully saturated rings. The number of Topliss-reactive ketones (excluding diaryl/α,β-unsaturated/α-hetero) is 1. The molecule has 0 bridgehead atoms. The second-order valence-electron chi connectivity index (χ2n) is 3.73. The lowest BCUT2D eigenvalue weighted by molar-refractivity contribution is -0.132. The summed E-state index contributed by atoms with van der Waals surface area (Å²) in [6.45, 7) is 1.75. The summed E-state index contributed by atoms with van der Waals surface area (Å²) in [7, 11) is 0. The Kier molecular flexibility index (Phi) is 2.69. The van der Waals surface area contributed by atoms with Crippen molar-refractivity contribution in [3.63, 3.8) is 0 Å². The molecule has 15 heavy (non-hydrogen) atoms. The van der Waals surface area contributed by atoms with Crippen molar-refractivity contribution in [2.24, 2.45) is 0 Å². The average molecular weight is 224 g/mol. The van der Waals surface area contributed by atoms with Crippen LogP contribution in [0.2, 0.25) is 0 Å². The van der Waals surface area contributed by atoms with Gasteiger partial charge < -0.3 is 5.11 Å². The van der Waals surface area contributed by atoms with E-state index in [-0.39, 0.29) is 5.78 Å². The fourth-order valence-electron chi connectivity index (χ4n) is 2.08. The Labute approximate surface area is 92.2 Å². The highest BCUT2D eigenvalue weighted by molar-refractivity contribution is 8.03. The minimum atomic E-state index is -0.887. The van der Waals surface area contributed by atoms with Crippen LogP contribution in [0.1, 0.15) is 26.2 Å². The van der Waals surface area contributed by atoms with Gasteiger partial charge in [0.05, 0.1) is 0 Å². The second kappa shape index (κ2) is 3.85. The first kappa shape index (κ1) is 10.5. The van der Waals surface area contributed by atoms with E-state index in [0.717, 1.165) is 10.7 Å². The van der Waals surface area contributed by atoms with Gasteiger partial charge in [0.15, 0.2) is 5.78 Å². The highest BCUT2D eigenvalue weighted by atomic mass is 32.2. The number of carbonyl (C=O) groups is 2. The highest BCUT2D eigenvalue weighted by Gasteiger charge is 2.29. The smallest absolute Gasteiger partial charge is 0.331 e. The second-order valence-corrected chi connectivity index (χ2v) is 4.92. The van der Waals surface area contributed by atoms with Gasteiger partial charge in [-0.05, 0) is 30.2 Å². The van der Waals surface area contributed by atoms with Crippen LogP contribution in [0.25, 0.3) is 0 Å². The SMILES string of the molecule is CC1=C(C(=O)O)CCC2=C1C(=O)CCS2. The van der Waals surface area contributed by atoms with Crippen LogP contribution in [0.4, 0.5) is 0 Å². The van der Waals surface area contributed by atoms with E-state index in [9.17, 15) is 9.59 Å². The number of hydrogen-bond acceptors (Lipinski definition) is 3. The predicted molar refractivity (Wildman–Crippen MR) is 58.7 cm³/mol. The fraction of sp³-hybridized carbons (Fsp3) is 0.455. The normalized spacial score (nSPS) is 21.8. The number of aliphatic carboxylic acids is 1. The van der Waals surface area contributed by atoms with E-state index in [1.165, 1.54) is 0 Å². The van der Waals surface area contributed by atoms with Gasteiger partial charge in [0.2, 0.25) is 0 Å². The van der Waals surface area contributed by atoms with Crippen molar-refractivity contribution in [1.82, 2.24) is 0 Å². The molecule has 2 rings (SSSR count). The van der Waals surface area contributed by atoms with Gasteiger partial charge in [-0.15, -0.1) is 11.8 Å². The zero-order valence-corrected chi connectivity index (χ0v) is 9.32. The highest BCUT2D eigenvalue weighted by Crippen LogP contribution is 2.40. The van der Waals surface area contributed by atoms with Gasteiger partial charge >= 0.3 is 5.97 Å². The number of ketones is 1. The first-order valence-electron chi connectivity index (χ1n) is 4.94. The third kappa shape index (κ3) is 1.74. The topological polar surface area (TPSA) is 54.4 Å². The van der Waals surface area contributed by atoms with E-state index in [4.69, 9.17) is 5.11 Å². The lowest BCUT2D eigenvalue weighted by Crippen LogP contribution is -2.19. The molecule has 0 amide bonds. The van der Waals surface area contributed by atoms with E-state index < -0.39 is 5.97 Å². The quantitative estimate of drug-likeness (QED) is 0.741. The number of carboxylic acid groups (broad SMARTS) is 1. The first-order valence-corrected chi connectivity index (χ1v) is 5.92. The maximum atomic E-state index is 11.7. The van der Waals surface area contributed by atoms with Crippen LogP contribution in [0.3, 0.4) is 0 Å². The molecule has 0 radical (unpaired) electrons. The Bertz CT molecular complexity index is 404. The summed E-state index contributed by atoms with van der Waals surface area (Å²) in [4.78, 5) is 23.7. The van der Waals surface area contributed by atoms with Gasteiger partial charge in [0.1, 0.15) is 0 Å². The number of allylic oxidation sites excluding steroid dienone is 3. The van der Waals surface area contributed by atoms with Crippen molar-refractivity contribution < 1.29 is 14.7 Å². The van der Waals surface area contributed by atoms with Crippen LogP contribution >= 0.6 is 11.8 Å². The molecule has 4 heteroatoms. The minimum Gasteiger partial charge on any atom is -0.478 e. The van der Waals surface area contributed by atoms with Crippen LogP contribution in [0, 0.1) is 0 Å². The lowest BCUT2D eigenvalue weighted by Gasteiger charge is -2.25. The van der Waals surface area contributed by atoms with Gasteiger partial charge in [-0.2, -0.15) is 0 Å². The lowest BCUT2D eigenvalue weighted by atomic mass is 9.88. The fourth-order valence-corrected chi connectivity index (χ4v) is 3.27. The maximum Gasteiger partial charge on any atom is 0.331 e. The molecule has 0 atom stereocenters. The van der Waals surface area contributed by atoms with Crippen molar-refractivity contribution in [2.45, 2.75) is 26.2 Å². The van der Waals surface area contributed by atoms with Gasteiger partial charge in [-0.25, -0.2) is 4.79 Å². The Morgan fingerprint density at radius 2 is 2.07 bits per heavy atom. The molecule has 0 spiro atoms. The molecule has 0 saturated heterocycles.